The summed E-state index contributed by atoms with van der Waals surface area (Å²) in [6.45, 7) is 3.55. The molecule has 1 fully saturated rings. The summed E-state index contributed by atoms with van der Waals surface area (Å²) in [7, 11) is 0. The minimum absolute atomic E-state index is 0.685. The maximum Gasteiger partial charge on any atom is 0.0730 e. The lowest BCUT2D eigenvalue weighted by Gasteiger charge is -2.28. The molecule has 1 aromatic rings. The molecule has 1 aliphatic rings. The van der Waals surface area contributed by atoms with Crippen LogP contribution in [0.2, 0.25) is 0 Å². The fourth-order valence-corrected chi connectivity index (χ4v) is 3.38. The van der Waals surface area contributed by atoms with Crippen molar-refractivity contribution < 1.29 is 0 Å². The van der Waals surface area contributed by atoms with Gasteiger partial charge in [0.15, 0.2) is 0 Å². The smallest absolute Gasteiger partial charge is 0.0730 e. The Balaban J connectivity index is 1.94. The van der Waals surface area contributed by atoms with Crippen molar-refractivity contribution in [2.75, 3.05) is 6.54 Å². The highest BCUT2D eigenvalue weighted by atomic mass is 79.9. The molecule has 0 amide bonds. The average Bonchev–Trinajstić information content (AvgIpc) is 2.52. The summed E-state index contributed by atoms with van der Waals surface area (Å²) in [5.74, 6) is 0.888. The first-order valence-corrected chi connectivity index (χ1v) is 6.88. The van der Waals surface area contributed by atoms with Gasteiger partial charge in [0.1, 0.15) is 0 Å². The molecule has 0 saturated carbocycles. The van der Waals surface area contributed by atoms with E-state index in [0.29, 0.717) is 6.04 Å². The largest absolute Gasteiger partial charge is 0.314 e. The zero-order chi connectivity index (χ0) is 9.97. The molecule has 1 aliphatic heterocycles. The molecule has 1 saturated heterocycles. The third kappa shape index (κ3) is 2.59. The van der Waals surface area contributed by atoms with Gasteiger partial charge < -0.3 is 5.32 Å². The van der Waals surface area contributed by atoms with Crippen molar-refractivity contribution in [2.24, 2.45) is 5.92 Å². The van der Waals surface area contributed by atoms with E-state index in [-0.39, 0.29) is 0 Å². The van der Waals surface area contributed by atoms with Gasteiger partial charge in [-0.05, 0) is 64.7 Å². The van der Waals surface area contributed by atoms with Gasteiger partial charge in [-0.3, -0.25) is 0 Å². The Labute approximate surface area is 98.0 Å². The fraction of sp³-hybridized carbons (Fsp3) is 0.636. The van der Waals surface area contributed by atoms with Gasteiger partial charge in [-0.15, -0.1) is 11.3 Å². The molecule has 14 heavy (non-hydrogen) atoms. The number of hydrogen-bond donors (Lipinski definition) is 1. The molecule has 0 spiro atoms. The highest BCUT2D eigenvalue weighted by Crippen LogP contribution is 2.26. The summed E-state index contributed by atoms with van der Waals surface area (Å²) in [5, 5.41) is 5.76. The van der Waals surface area contributed by atoms with E-state index in [9.17, 15) is 0 Å². The lowest BCUT2D eigenvalue weighted by molar-refractivity contribution is 0.318. The van der Waals surface area contributed by atoms with Crippen molar-refractivity contribution >= 4 is 27.3 Å². The number of nitrogens with one attached hydrogen (secondary N) is 1. The molecule has 3 heteroatoms. The molecule has 0 aliphatic carbocycles. The van der Waals surface area contributed by atoms with Gasteiger partial charge in [0.2, 0.25) is 0 Å². The van der Waals surface area contributed by atoms with Crippen LogP contribution in [0.5, 0.6) is 0 Å². The van der Waals surface area contributed by atoms with Crippen LogP contribution in [0.3, 0.4) is 0 Å². The Morgan fingerprint density at radius 2 is 2.50 bits per heavy atom. The van der Waals surface area contributed by atoms with Crippen LogP contribution < -0.4 is 5.32 Å². The number of thiophene rings is 1. The van der Waals surface area contributed by atoms with Crippen LogP contribution >= 0.6 is 27.3 Å². The first-order chi connectivity index (χ1) is 6.75. The Bertz CT molecular complexity index is 297. The molecule has 2 heterocycles. The Kier molecular flexibility index (Phi) is 3.63. The van der Waals surface area contributed by atoms with Crippen LogP contribution in [-0.2, 0) is 6.42 Å². The third-order valence-electron chi connectivity index (χ3n) is 2.92. The first-order valence-electron chi connectivity index (χ1n) is 5.21. The van der Waals surface area contributed by atoms with Crippen LogP contribution in [0.4, 0.5) is 0 Å². The zero-order valence-electron chi connectivity index (χ0n) is 8.42. The summed E-state index contributed by atoms with van der Waals surface area (Å²) in [5.41, 5.74) is 1.46. The van der Waals surface area contributed by atoms with Crippen LogP contribution in [0.15, 0.2) is 15.2 Å². The summed E-state index contributed by atoms with van der Waals surface area (Å²) < 4.78 is 1.30. The summed E-state index contributed by atoms with van der Waals surface area (Å²) in [6.07, 6.45) is 3.83. The van der Waals surface area contributed by atoms with Gasteiger partial charge in [0, 0.05) is 6.04 Å². The Hall–Kier alpha value is 0.140. The van der Waals surface area contributed by atoms with Crippen molar-refractivity contribution in [2.45, 2.75) is 32.2 Å². The molecule has 1 nitrogen and oxygen atoms in total. The molecule has 0 radical (unpaired) electrons. The summed E-state index contributed by atoms with van der Waals surface area (Å²) in [6, 6.07) is 2.92. The standard InChI is InChI=1S/C11H16BrNS/c1-8-2-4-13-10(6-8)7-9-3-5-14-11(9)12/h3,5,8,10,13H,2,4,6-7H2,1H3. The van der Waals surface area contributed by atoms with Crippen molar-refractivity contribution in [3.05, 3.63) is 20.8 Å². The Morgan fingerprint density at radius 3 is 3.14 bits per heavy atom. The van der Waals surface area contributed by atoms with Crippen molar-refractivity contribution in [3.8, 4) is 0 Å². The van der Waals surface area contributed by atoms with Crippen LogP contribution in [-0.4, -0.2) is 12.6 Å². The Morgan fingerprint density at radius 1 is 1.64 bits per heavy atom. The first kappa shape index (κ1) is 10.7. The van der Waals surface area contributed by atoms with E-state index in [1.165, 1.54) is 35.2 Å². The number of piperidine rings is 1. The molecule has 0 bridgehead atoms. The fourth-order valence-electron chi connectivity index (χ4n) is 2.11. The third-order valence-corrected chi connectivity index (χ3v) is 4.73. The number of hydrogen-bond acceptors (Lipinski definition) is 2. The van der Waals surface area contributed by atoms with Crippen molar-refractivity contribution in [1.29, 1.82) is 0 Å². The van der Waals surface area contributed by atoms with Crippen LogP contribution in [0, 0.1) is 5.92 Å². The van der Waals surface area contributed by atoms with Crippen molar-refractivity contribution in [3.63, 3.8) is 0 Å². The SMILES string of the molecule is CC1CCNC(Cc2ccsc2Br)C1. The highest BCUT2D eigenvalue weighted by molar-refractivity contribution is 9.11. The van der Waals surface area contributed by atoms with Gasteiger partial charge in [-0.25, -0.2) is 0 Å². The minimum Gasteiger partial charge on any atom is -0.314 e. The molecule has 2 rings (SSSR count). The van der Waals surface area contributed by atoms with E-state index in [1.807, 2.05) is 0 Å². The van der Waals surface area contributed by atoms with Gasteiger partial charge >= 0.3 is 0 Å². The minimum atomic E-state index is 0.685. The second kappa shape index (κ2) is 4.77. The normalized spacial score (nSPS) is 27.9. The topological polar surface area (TPSA) is 12.0 Å². The lowest BCUT2D eigenvalue weighted by Crippen LogP contribution is -2.38. The molecule has 1 aromatic heterocycles. The predicted octanol–water partition coefficient (Wildman–Crippen LogP) is 3.44. The molecule has 2 unspecified atom stereocenters. The van der Waals surface area contributed by atoms with Crippen LogP contribution in [0.1, 0.15) is 25.3 Å². The maximum absolute atomic E-state index is 3.60. The molecule has 0 aromatic carbocycles. The molecular formula is C11H16BrNS. The average molecular weight is 274 g/mol. The lowest BCUT2D eigenvalue weighted by atomic mass is 9.91. The molecule has 2 atom stereocenters. The number of halogens is 1. The highest BCUT2D eigenvalue weighted by Gasteiger charge is 2.19. The molecular weight excluding hydrogens is 258 g/mol. The van der Waals surface area contributed by atoms with Crippen molar-refractivity contribution in [1.82, 2.24) is 5.32 Å². The van der Waals surface area contributed by atoms with E-state index < -0.39 is 0 Å². The van der Waals surface area contributed by atoms with E-state index in [2.05, 4.69) is 39.6 Å². The quantitative estimate of drug-likeness (QED) is 0.871. The van der Waals surface area contributed by atoms with Crippen LogP contribution in [0.25, 0.3) is 0 Å². The zero-order valence-corrected chi connectivity index (χ0v) is 10.8. The van der Waals surface area contributed by atoms with Gasteiger partial charge in [-0.1, -0.05) is 6.92 Å². The number of rotatable bonds is 2. The van der Waals surface area contributed by atoms with Gasteiger partial charge in [0.25, 0.3) is 0 Å². The second-order valence-electron chi connectivity index (χ2n) is 4.20. The predicted molar refractivity (Wildman–Crippen MR) is 65.9 cm³/mol. The van der Waals surface area contributed by atoms with E-state index in [0.717, 1.165) is 5.92 Å². The van der Waals surface area contributed by atoms with E-state index >= 15 is 0 Å². The molecule has 78 valence electrons. The summed E-state index contributed by atoms with van der Waals surface area (Å²) >= 11 is 5.38. The van der Waals surface area contributed by atoms with E-state index in [4.69, 9.17) is 0 Å². The second-order valence-corrected chi connectivity index (χ2v) is 6.44. The maximum atomic E-state index is 3.60. The van der Waals surface area contributed by atoms with Gasteiger partial charge in [0.05, 0.1) is 3.79 Å². The van der Waals surface area contributed by atoms with E-state index in [1.54, 1.807) is 11.3 Å². The summed E-state index contributed by atoms with van der Waals surface area (Å²) in [4.78, 5) is 0. The van der Waals surface area contributed by atoms with Gasteiger partial charge in [-0.2, -0.15) is 0 Å². The monoisotopic (exact) mass is 273 g/mol. The molecule has 1 N–H and O–H groups in total.